The van der Waals surface area contributed by atoms with Crippen LogP contribution in [0.1, 0.15) is 18.4 Å². The number of fused-ring (bicyclic) bond motifs is 1. The largest absolute Gasteiger partial charge is 0.490 e. The molecule has 1 fully saturated rings. The fraction of sp³-hybridized carbons (Fsp3) is 0.226. The number of carbonyl (C=O) groups excluding carboxylic acids is 1. The minimum Gasteiger partial charge on any atom is -0.490 e. The third-order valence-electron chi connectivity index (χ3n) is 7.13. The number of likely N-dealkylation sites (tertiary alicyclic amines) is 1. The zero-order chi connectivity index (χ0) is 29.1. The lowest BCUT2D eigenvalue weighted by Gasteiger charge is -2.32. The first-order valence-electron chi connectivity index (χ1n) is 13.5. The molecule has 1 saturated heterocycles. The highest BCUT2D eigenvalue weighted by atomic mass is 35.5. The number of amides is 1. The van der Waals surface area contributed by atoms with Crippen LogP contribution in [-0.4, -0.2) is 49.9 Å². The van der Waals surface area contributed by atoms with Crippen LogP contribution in [0.4, 0.5) is 20.7 Å². The van der Waals surface area contributed by atoms with Crippen LogP contribution < -0.4 is 10.1 Å². The SMILES string of the molecule is Cn1cc(-c2cc3ncnc(Nc4ccc(F)c(Cl)c4)c3cc2OC2CCN(C(=O)OCc3ccccc3)CC2)cn1. The number of rotatable bonds is 7. The molecule has 9 nitrogen and oxygen atoms in total. The standard InChI is InChI=1S/C31H28ClFN6O3/c1-38-17-21(16-36-38)24-14-28-25(30(35-19-34-28)37-22-7-8-27(33)26(32)13-22)15-29(24)42-23-9-11-39(12-10-23)31(40)41-18-20-5-3-2-4-6-20/h2-8,13-17,19,23H,9-12,18H2,1H3,(H,34,35,37). The van der Waals surface area contributed by atoms with Gasteiger partial charge in [-0.05, 0) is 35.9 Å². The molecule has 1 N–H and O–H groups in total. The van der Waals surface area contributed by atoms with E-state index >= 15 is 0 Å². The van der Waals surface area contributed by atoms with Crippen molar-refractivity contribution in [3.05, 3.63) is 95.8 Å². The normalized spacial score (nSPS) is 13.7. The summed E-state index contributed by atoms with van der Waals surface area (Å²) in [6.45, 7) is 1.29. The van der Waals surface area contributed by atoms with Crippen LogP contribution in [0.5, 0.6) is 5.75 Å². The maximum atomic E-state index is 13.7. The van der Waals surface area contributed by atoms with Gasteiger partial charge in [0, 0.05) is 61.4 Å². The average molecular weight is 587 g/mol. The van der Waals surface area contributed by atoms with Gasteiger partial charge in [0.15, 0.2) is 0 Å². The highest BCUT2D eigenvalue weighted by molar-refractivity contribution is 6.31. The number of anilines is 2. The smallest absolute Gasteiger partial charge is 0.410 e. The van der Waals surface area contributed by atoms with Gasteiger partial charge in [0.1, 0.15) is 36.4 Å². The van der Waals surface area contributed by atoms with Crippen LogP contribution in [0.15, 0.2) is 79.4 Å². The third-order valence-corrected chi connectivity index (χ3v) is 7.42. The summed E-state index contributed by atoms with van der Waals surface area (Å²) in [4.78, 5) is 23.3. The first-order chi connectivity index (χ1) is 20.4. The van der Waals surface area contributed by atoms with Gasteiger partial charge >= 0.3 is 6.09 Å². The summed E-state index contributed by atoms with van der Waals surface area (Å²) in [6.07, 6.45) is 6.02. The van der Waals surface area contributed by atoms with Crippen molar-refractivity contribution in [3.63, 3.8) is 0 Å². The molecule has 42 heavy (non-hydrogen) atoms. The molecule has 5 aromatic rings. The third kappa shape index (κ3) is 6.13. The van der Waals surface area contributed by atoms with Crippen molar-refractivity contribution in [2.75, 3.05) is 18.4 Å². The summed E-state index contributed by atoms with van der Waals surface area (Å²) in [7, 11) is 1.86. The van der Waals surface area contributed by atoms with Crippen molar-refractivity contribution in [1.82, 2.24) is 24.6 Å². The van der Waals surface area contributed by atoms with Gasteiger partial charge in [0.25, 0.3) is 0 Å². The van der Waals surface area contributed by atoms with E-state index in [1.807, 2.05) is 55.7 Å². The number of nitrogens with zero attached hydrogens (tertiary/aromatic N) is 5. The van der Waals surface area contributed by atoms with Crippen LogP contribution in [0, 0.1) is 5.82 Å². The Morgan fingerprint density at radius 3 is 2.64 bits per heavy atom. The Kier molecular flexibility index (Phi) is 7.87. The first-order valence-corrected chi connectivity index (χ1v) is 13.9. The van der Waals surface area contributed by atoms with E-state index in [4.69, 9.17) is 21.1 Å². The van der Waals surface area contributed by atoms with Crippen LogP contribution in [0.25, 0.3) is 22.0 Å². The Balaban J connectivity index is 1.22. The Hall–Kier alpha value is -4.70. The molecule has 0 saturated carbocycles. The Morgan fingerprint density at radius 2 is 1.90 bits per heavy atom. The van der Waals surface area contributed by atoms with Crippen LogP contribution in [-0.2, 0) is 18.4 Å². The van der Waals surface area contributed by atoms with E-state index in [1.54, 1.807) is 21.8 Å². The number of ether oxygens (including phenoxy) is 2. The number of hydrogen-bond donors (Lipinski definition) is 1. The van der Waals surface area contributed by atoms with Crippen molar-refractivity contribution < 1.29 is 18.7 Å². The number of nitrogens with one attached hydrogen (secondary N) is 1. The molecule has 0 radical (unpaired) electrons. The molecule has 0 spiro atoms. The predicted molar refractivity (Wildman–Crippen MR) is 158 cm³/mol. The van der Waals surface area contributed by atoms with E-state index in [0.29, 0.717) is 48.7 Å². The van der Waals surface area contributed by atoms with E-state index in [2.05, 4.69) is 20.4 Å². The molecule has 0 aliphatic carbocycles. The van der Waals surface area contributed by atoms with Crippen molar-refractivity contribution in [1.29, 1.82) is 0 Å². The minimum absolute atomic E-state index is 0.0107. The summed E-state index contributed by atoms with van der Waals surface area (Å²) in [5.41, 5.74) is 3.96. The van der Waals surface area contributed by atoms with Crippen LogP contribution in [0.3, 0.4) is 0 Å². The lowest BCUT2D eigenvalue weighted by molar-refractivity contribution is 0.0640. The first kappa shape index (κ1) is 27.5. The molecule has 214 valence electrons. The van der Waals surface area contributed by atoms with Gasteiger partial charge in [-0.1, -0.05) is 41.9 Å². The van der Waals surface area contributed by atoms with E-state index < -0.39 is 5.82 Å². The fourth-order valence-corrected chi connectivity index (χ4v) is 5.10. The molecule has 1 aliphatic heterocycles. The van der Waals surface area contributed by atoms with Gasteiger partial charge in [-0.2, -0.15) is 5.10 Å². The summed E-state index contributed by atoms with van der Waals surface area (Å²) < 4.78 is 27.5. The Morgan fingerprint density at radius 1 is 1.10 bits per heavy atom. The van der Waals surface area contributed by atoms with E-state index in [0.717, 1.165) is 22.1 Å². The maximum Gasteiger partial charge on any atom is 0.410 e. The Bertz CT molecular complexity index is 1720. The lowest BCUT2D eigenvalue weighted by atomic mass is 10.0. The molecule has 3 heterocycles. The molecule has 3 aromatic carbocycles. The van der Waals surface area contributed by atoms with Crippen LogP contribution >= 0.6 is 11.6 Å². The van der Waals surface area contributed by atoms with E-state index in [9.17, 15) is 9.18 Å². The van der Waals surface area contributed by atoms with Crippen molar-refractivity contribution in [3.8, 4) is 16.9 Å². The highest BCUT2D eigenvalue weighted by Crippen LogP contribution is 2.37. The molecule has 0 atom stereocenters. The number of benzene rings is 3. The van der Waals surface area contributed by atoms with Gasteiger partial charge in [0.05, 0.1) is 16.7 Å². The predicted octanol–water partition coefficient (Wildman–Crippen LogP) is 6.75. The van der Waals surface area contributed by atoms with Gasteiger partial charge in [-0.15, -0.1) is 0 Å². The quantitative estimate of drug-likeness (QED) is 0.225. The number of piperidine rings is 1. The Labute approximate surface area is 246 Å². The molecular formula is C31H28ClFN6O3. The number of aryl methyl sites for hydroxylation is 1. The zero-order valence-electron chi connectivity index (χ0n) is 22.8. The molecule has 2 aromatic heterocycles. The molecule has 0 unspecified atom stereocenters. The van der Waals surface area contributed by atoms with E-state index in [1.165, 1.54) is 18.5 Å². The highest BCUT2D eigenvalue weighted by Gasteiger charge is 2.26. The second kappa shape index (κ2) is 12.0. The van der Waals surface area contributed by atoms with Gasteiger partial charge in [-0.3, -0.25) is 4.68 Å². The molecule has 1 aliphatic rings. The maximum absolute atomic E-state index is 13.7. The van der Waals surface area contributed by atoms with E-state index in [-0.39, 0.29) is 23.8 Å². The summed E-state index contributed by atoms with van der Waals surface area (Å²) in [5, 5.41) is 8.29. The van der Waals surface area contributed by atoms with Crippen molar-refractivity contribution in [2.24, 2.45) is 7.05 Å². The number of carbonyl (C=O) groups is 1. The fourth-order valence-electron chi connectivity index (χ4n) is 4.92. The van der Waals surface area contributed by atoms with Gasteiger partial charge in [0.2, 0.25) is 0 Å². The van der Waals surface area contributed by atoms with Crippen molar-refractivity contribution >= 4 is 40.1 Å². The second-order valence-electron chi connectivity index (χ2n) is 10.1. The molecule has 6 rings (SSSR count). The monoisotopic (exact) mass is 586 g/mol. The second-order valence-corrected chi connectivity index (χ2v) is 10.5. The number of halogens is 2. The number of hydrogen-bond acceptors (Lipinski definition) is 7. The average Bonchev–Trinajstić information content (AvgIpc) is 3.44. The van der Waals surface area contributed by atoms with Gasteiger partial charge in [-0.25, -0.2) is 19.2 Å². The molecule has 1 amide bonds. The topological polar surface area (TPSA) is 94.4 Å². The summed E-state index contributed by atoms with van der Waals surface area (Å²) in [6, 6.07) is 17.9. The van der Waals surface area contributed by atoms with Crippen LogP contribution in [0.2, 0.25) is 5.02 Å². The zero-order valence-corrected chi connectivity index (χ0v) is 23.6. The molecular weight excluding hydrogens is 559 g/mol. The van der Waals surface area contributed by atoms with Crippen molar-refractivity contribution in [2.45, 2.75) is 25.6 Å². The summed E-state index contributed by atoms with van der Waals surface area (Å²) >= 11 is 5.99. The molecule has 0 bridgehead atoms. The lowest BCUT2D eigenvalue weighted by Crippen LogP contribution is -2.42. The molecule has 11 heteroatoms. The summed E-state index contributed by atoms with van der Waals surface area (Å²) in [5.74, 6) is 0.680. The minimum atomic E-state index is -0.498. The van der Waals surface area contributed by atoms with Gasteiger partial charge < -0.3 is 19.7 Å². The number of aromatic nitrogens is 4.